The predicted molar refractivity (Wildman–Crippen MR) is 81.0 cm³/mol. The van der Waals surface area contributed by atoms with Crippen molar-refractivity contribution in [2.45, 2.75) is 22.6 Å². The van der Waals surface area contributed by atoms with Gasteiger partial charge >= 0.3 is 6.09 Å². The second kappa shape index (κ2) is 5.51. The molecule has 0 spiro atoms. The summed E-state index contributed by atoms with van der Waals surface area (Å²) in [4.78, 5) is 11.4. The Bertz CT molecular complexity index is 645. The number of fused-ring (bicyclic) bond motifs is 2. The fourth-order valence-electron chi connectivity index (χ4n) is 2.67. The maximum Gasteiger partial charge on any atom is 0.411 e. The van der Waals surface area contributed by atoms with Crippen molar-refractivity contribution in [3.8, 4) is 0 Å². The molecule has 2 atom stereocenters. The Morgan fingerprint density at radius 2 is 2.10 bits per heavy atom. The first-order chi connectivity index (χ1) is 10.0. The average Bonchev–Trinajstić information content (AvgIpc) is 3.10. The molecule has 8 heteroatoms. The van der Waals surface area contributed by atoms with Crippen LogP contribution in [0.1, 0.15) is 6.42 Å². The topological polar surface area (TPSA) is 75.7 Å². The third-order valence-electron chi connectivity index (χ3n) is 3.74. The minimum absolute atomic E-state index is 0.123. The summed E-state index contributed by atoms with van der Waals surface area (Å²) < 4.78 is 31.3. The van der Waals surface area contributed by atoms with Crippen molar-refractivity contribution >= 4 is 33.6 Å². The van der Waals surface area contributed by atoms with Crippen LogP contribution in [0.25, 0.3) is 0 Å². The number of nitrogens with zero attached hydrogens (tertiary/aromatic N) is 1. The third-order valence-corrected chi connectivity index (χ3v) is 7.07. The Morgan fingerprint density at radius 3 is 2.62 bits per heavy atom. The molecule has 2 aliphatic heterocycles. The van der Waals surface area contributed by atoms with Crippen LogP contribution in [-0.2, 0) is 14.8 Å². The van der Waals surface area contributed by atoms with Crippen LogP contribution in [0.5, 0.6) is 0 Å². The van der Waals surface area contributed by atoms with E-state index in [-0.39, 0.29) is 10.9 Å². The van der Waals surface area contributed by atoms with E-state index in [1.54, 1.807) is 16.4 Å². The molecule has 6 nitrogen and oxygen atoms in total. The maximum absolute atomic E-state index is 12.6. The highest BCUT2D eigenvalue weighted by Gasteiger charge is 2.44. The normalized spacial score (nSPS) is 25.0. The summed E-state index contributed by atoms with van der Waals surface area (Å²) in [5.74, 6) is 0.881. The Kier molecular flexibility index (Phi) is 3.85. The van der Waals surface area contributed by atoms with E-state index in [1.165, 1.54) is 19.2 Å². The van der Waals surface area contributed by atoms with Crippen LogP contribution in [0.2, 0.25) is 0 Å². The van der Waals surface area contributed by atoms with Gasteiger partial charge in [0.05, 0.1) is 12.0 Å². The molecule has 3 rings (SSSR count). The highest BCUT2D eigenvalue weighted by Crippen LogP contribution is 2.40. The molecule has 2 bridgehead atoms. The van der Waals surface area contributed by atoms with Gasteiger partial charge in [0, 0.05) is 29.3 Å². The van der Waals surface area contributed by atoms with Gasteiger partial charge in [-0.05, 0) is 30.7 Å². The number of nitrogens with one attached hydrogen (secondary N) is 1. The molecule has 0 radical (unpaired) electrons. The first kappa shape index (κ1) is 14.7. The number of anilines is 1. The van der Waals surface area contributed by atoms with Crippen molar-refractivity contribution in [3.63, 3.8) is 0 Å². The molecule has 2 heterocycles. The van der Waals surface area contributed by atoms with E-state index in [0.29, 0.717) is 17.5 Å². The van der Waals surface area contributed by atoms with Crippen molar-refractivity contribution in [3.05, 3.63) is 24.3 Å². The number of hydrogen-bond donors (Lipinski definition) is 1. The van der Waals surface area contributed by atoms with Crippen LogP contribution in [0.4, 0.5) is 10.5 Å². The minimum atomic E-state index is -3.44. The van der Waals surface area contributed by atoms with Crippen molar-refractivity contribution in [1.29, 1.82) is 0 Å². The SMILES string of the molecule is COC(=O)Nc1ccc(S(=O)(=O)N2CC3CC2CS3)cc1. The van der Waals surface area contributed by atoms with E-state index in [2.05, 4.69) is 10.1 Å². The van der Waals surface area contributed by atoms with Gasteiger partial charge in [-0.15, -0.1) is 0 Å². The zero-order valence-electron chi connectivity index (χ0n) is 11.5. The Morgan fingerprint density at radius 1 is 1.38 bits per heavy atom. The van der Waals surface area contributed by atoms with Crippen LogP contribution >= 0.6 is 11.8 Å². The zero-order chi connectivity index (χ0) is 15.0. The summed E-state index contributed by atoms with van der Waals surface area (Å²) in [6.07, 6.45) is 0.366. The maximum atomic E-state index is 12.6. The predicted octanol–water partition coefficient (Wildman–Crippen LogP) is 1.74. The number of carbonyl (C=O) groups is 1. The lowest BCUT2D eigenvalue weighted by Gasteiger charge is -2.25. The summed E-state index contributed by atoms with van der Waals surface area (Å²) in [6.45, 7) is 0.597. The third kappa shape index (κ3) is 2.75. The quantitative estimate of drug-likeness (QED) is 0.915. The standard InChI is InChI=1S/C13H16N2O4S2/c1-19-13(16)14-9-2-4-12(5-3-9)21(17,18)15-7-11-6-10(15)8-20-11/h2-5,10-11H,6-8H2,1H3,(H,14,16). The molecular weight excluding hydrogens is 312 g/mol. The Labute approximate surface area is 127 Å². The number of benzene rings is 1. The van der Waals surface area contributed by atoms with Crippen molar-refractivity contribution < 1.29 is 17.9 Å². The summed E-state index contributed by atoms with van der Waals surface area (Å²) in [5.41, 5.74) is 0.499. The lowest BCUT2D eigenvalue weighted by molar-refractivity contribution is 0.187. The van der Waals surface area contributed by atoms with Crippen molar-refractivity contribution in [1.82, 2.24) is 4.31 Å². The smallest absolute Gasteiger partial charge is 0.411 e. The van der Waals surface area contributed by atoms with Crippen LogP contribution in [-0.4, -0.2) is 49.5 Å². The Balaban J connectivity index is 1.78. The van der Waals surface area contributed by atoms with Crippen molar-refractivity contribution in [2.24, 2.45) is 0 Å². The molecule has 114 valence electrons. The fraction of sp³-hybridized carbons (Fsp3) is 0.462. The van der Waals surface area contributed by atoms with Gasteiger partial charge < -0.3 is 4.74 Å². The lowest BCUT2D eigenvalue weighted by Crippen LogP contribution is -2.39. The lowest BCUT2D eigenvalue weighted by atomic mass is 10.3. The van der Waals surface area contributed by atoms with E-state index in [4.69, 9.17) is 0 Å². The second-order valence-electron chi connectivity index (χ2n) is 5.06. The van der Waals surface area contributed by atoms with E-state index in [0.717, 1.165) is 12.2 Å². The van der Waals surface area contributed by atoms with E-state index >= 15 is 0 Å². The highest BCUT2D eigenvalue weighted by atomic mass is 32.2. The number of carbonyl (C=O) groups excluding carboxylic acids is 1. The monoisotopic (exact) mass is 328 g/mol. The van der Waals surface area contributed by atoms with Gasteiger partial charge in [-0.3, -0.25) is 5.32 Å². The molecule has 2 fully saturated rings. The molecule has 2 unspecified atom stereocenters. The molecule has 1 N–H and O–H groups in total. The summed E-state index contributed by atoms with van der Waals surface area (Å²) in [7, 11) is -2.17. The largest absolute Gasteiger partial charge is 0.453 e. The molecule has 2 aliphatic rings. The molecular formula is C13H16N2O4S2. The number of methoxy groups -OCH3 is 1. The molecule has 0 aliphatic carbocycles. The first-order valence-electron chi connectivity index (χ1n) is 6.59. The van der Waals surface area contributed by atoms with Crippen LogP contribution in [0, 0.1) is 0 Å². The number of rotatable bonds is 3. The van der Waals surface area contributed by atoms with Gasteiger partial charge in [-0.2, -0.15) is 16.1 Å². The Hall–Kier alpha value is -1.25. The summed E-state index contributed by atoms with van der Waals surface area (Å²) >= 11 is 1.85. The zero-order valence-corrected chi connectivity index (χ0v) is 13.1. The van der Waals surface area contributed by atoms with Gasteiger partial charge in [0.1, 0.15) is 0 Å². The van der Waals surface area contributed by atoms with Gasteiger partial charge in [0.2, 0.25) is 10.0 Å². The number of amides is 1. The van der Waals surface area contributed by atoms with Crippen molar-refractivity contribution in [2.75, 3.05) is 24.7 Å². The van der Waals surface area contributed by atoms with E-state index in [1.807, 2.05) is 11.8 Å². The minimum Gasteiger partial charge on any atom is -0.453 e. The second-order valence-corrected chi connectivity index (χ2v) is 8.28. The molecule has 21 heavy (non-hydrogen) atoms. The van der Waals surface area contributed by atoms with Gasteiger partial charge in [0.25, 0.3) is 0 Å². The van der Waals surface area contributed by atoms with Crippen LogP contribution in [0.15, 0.2) is 29.2 Å². The number of ether oxygens (including phenoxy) is 1. The number of hydrogen-bond acceptors (Lipinski definition) is 5. The van der Waals surface area contributed by atoms with E-state index in [9.17, 15) is 13.2 Å². The highest BCUT2D eigenvalue weighted by molar-refractivity contribution is 8.00. The summed E-state index contributed by atoms with van der Waals surface area (Å²) in [5, 5.41) is 2.93. The summed E-state index contributed by atoms with van der Waals surface area (Å²) in [6, 6.07) is 6.28. The molecule has 2 saturated heterocycles. The average molecular weight is 328 g/mol. The number of thioether (sulfide) groups is 1. The van der Waals surface area contributed by atoms with Gasteiger partial charge in [0.15, 0.2) is 0 Å². The van der Waals surface area contributed by atoms with Gasteiger partial charge in [-0.1, -0.05) is 0 Å². The van der Waals surface area contributed by atoms with E-state index < -0.39 is 16.1 Å². The molecule has 1 amide bonds. The van der Waals surface area contributed by atoms with Gasteiger partial charge in [-0.25, -0.2) is 13.2 Å². The van der Waals surface area contributed by atoms with Crippen LogP contribution in [0.3, 0.4) is 0 Å². The molecule has 1 aromatic carbocycles. The molecule has 0 aromatic heterocycles. The fourth-order valence-corrected chi connectivity index (χ4v) is 5.98. The first-order valence-corrected chi connectivity index (χ1v) is 9.08. The van der Waals surface area contributed by atoms with Crippen LogP contribution < -0.4 is 5.32 Å². The molecule has 0 saturated carbocycles. The molecule has 1 aromatic rings. The number of sulfonamides is 1.